The number of carbonyl (C=O) groups excluding carboxylic acids is 1. The Kier molecular flexibility index (Phi) is 6.36. The van der Waals surface area contributed by atoms with E-state index in [4.69, 9.17) is 0 Å². The van der Waals surface area contributed by atoms with Crippen molar-refractivity contribution < 1.29 is 17.6 Å². The normalized spacial score (nSPS) is 14.7. The molecule has 2 aromatic carbocycles. The van der Waals surface area contributed by atoms with Crippen LogP contribution in [-0.2, 0) is 14.8 Å². The summed E-state index contributed by atoms with van der Waals surface area (Å²) in [6, 6.07) is 10.1. The van der Waals surface area contributed by atoms with E-state index < -0.39 is 10.0 Å². The van der Waals surface area contributed by atoms with Crippen LogP contribution in [0.1, 0.15) is 16.7 Å². The summed E-state index contributed by atoms with van der Waals surface area (Å²) in [6.45, 7) is 7.65. The van der Waals surface area contributed by atoms with Crippen LogP contribution in [0, 0.1) is 26.6 Å². The van der Waals surface area contributed by atoms with Gasteiger partial charge in [-0.05, 0) is 56.2 Å². The summed E-state index contributed by atoms with van der Waals surface area (Å²) in [5.41, 5.74) is 4.18. The Morgan fingerprint density at radius 2 is 1.53 bits per heavy atom. The summed E-state index contributed by atoms with van der Waals surface area (Å²) in [5.74, 6) is -0.506. The molecule has 0 unspecified atom stereocenters. The zero-order valence-corrected chi connectivity index (χ0v) is 18.7. The van der Waals surface area contributed by atoms with Crippen molar-refractivity contribution in [3.63, 3.8) is 0 Å². The maximum Gasteiger partial charge on any atom is 0.243 e. The summed E-state index contributed by atoms with van der Waals surface area (Å²) in [7, 11) is -3.63. The highest BCUT2D eigenvalue weighted by molar-refractivity contribution is 7.92. The van der Waals surface area contributed by atoms with Crippen molar-refractivity contribution in [3.8, 4) is 0 Å². The Hall–Kier alpha value is -2.61. The average molecular weight is 434 g/mol. The number of halogens is 1. The van der Waals surface area contributed by atoms with Gasteiger partial charge in [0.1, 0.15) is 12.4 Å². The Morgan fingerprint density at radius 3 is 2.03 bits per heavy atom. The minimum atomic E-state index is -3.63. The first-order valence-electron chi connectivity index (χ1n) is 9.90. The molecule has 1 heterocycles. The van der Waals surface area contributed by atoms with Crippen molar-refractivity contribution in [1.29, 1.82) is 0 Å². The lowest BCUT2D eigenvalue weighted by Crippen LogP contribution is -2.52. The van der Waals surface area contributed by atoms with Gasteiger partial charge < -0.3 is 9.80 Å². The molecule has 1 aliphatic heterocycles. The summed E-state index contributed by atoms with van der Waals surface area (Å²) >= 11 is 0. The Balaban J connectivity index is 1.73. The first-order chi connectivity index (χ1) is 14.1. The van der Waals surface area contributed by atoms with E-state index in [9.17, 15) is 17.6 Å². The van der Waals surface area contributed by atoms with Crippen LogP contribution >= 0.6 is 0 Å². The van der Waals surface area contributed by atoms with Crippen LogP contribution in [0.5, 0.6) is 0 Å². The molecule has 2 aromatic rings. The van der Waals surface area contributed by atoms with Crippen LogP contribution in [0.3, 0.4) is 0 Å². The number of hydrogen-bond donors (Lipinski definition) is 0. The molecule has 0 spiro atoms. The van der Waals surface area contributed by atoms with Crippen molar-refractivity contribution in [2.45, 2.75) is 20.8 Å². The third kappa shape index (κ3) is 4.92. The summed E-state index contributed by atoms with van der Waals surface area (Å²) < 4.78 is 39.4. The maximum atomic E-state index is 13.1. The van der Waals surface area contributed by atoms with E-state index in [0.717, 1.165) is 28.6 Å². The number of amides is 1. The fourth-order valence-electron chi connectivity index (χ4n) is 4.02. The van der Waals surface area contributed by atoms with Crippen LogP contribution < -0.4 is 9.21 Å². The van der Waals surface area contributed by atoms with E-state index in [0.29, 0.717) is 31.9 Å². The van der Waals surface area contributed by atoms with Gasteiger partial charge in [0.15, 0.2) is 0 Å². The predicted octanol–water partition coefficient (Wildman–Crippen LogP) is 2.87. The minimum Gasteiger partial charge on any atom is -0.368 e. The van der Waals surface area contributed by atoms with Crippen LogP contribution in [0.15, 0.2) is 36.4 Å². The highest BCUT2D eigenvalue weighted by Crippen LogP contribution is 2.28. The SMILES string of the molecule is Cc1cc(C)c(N(CC(=O)N2CCN(c3ccc(F)cc3)CC2)S(C)(=O)=O)c(C)c1. The van der Waals surface area contributed by atoms with Crippen LogP contribution in [0.2, 0.25) is 0 Å². The van der Waals surface area contributed by atoms with Crippen molar-refractivity contribution in [2.24, 2.45) is 0 Å². The van der Waals surface area contributed by atoms with Crippen molar-refractivity contribution in [3.05, 3.63) is 58.9 Å². The predicted molar refractivity (Wildman–Crippen MR) is 118 cm³/mol. The third-order valence-corrected chi connectivity index (χ3v) is 6.50. The average Bonchev–Trinajstić information content (AvgIpc) is 2.66. The number of aryl methyl sites for hydroxylation is 3. The van der Waals surface area contributed by atoms with E-state index in [1.165, 1.54) is 16.4 Å². The standard InChI is InChI=1S/C22H28FN3O3S/c1-16-13-17(2)22(18(3)14-16)26(30(4,28)29)15-21(27)25-11-9-24(10-12-25)20-7-5-19(23)6-8-20/h5-8,13-14H,9-12,15H2,1-4H3. The molecule has 1 saturated heterocycles. The van der Waals surface area contributed by atoms with Gasteiger partial charge in [-0.2, -0.15) is 0 Å². The molecule has 8 heteroatoms. The van der Waals surface area contributed by atoms with Crippen molar-refractivity contribution >= 4 is 27.3 Å². The van der Waals surface area contributed by atoms with Gasteiger partial charge >= 0.3 is 0 Å². The van der Waals surface area contributed by atoms with Crippen LogP contribution in [0.25, 0.3) is 0 Å². The van der Waals surface area contributed by atoms with E-state index in [-0.39, 0.29) is 18.3 Å². The van der Waals surface area contributed by atoms with Gasteiger partial charge in [-0.25, -0.2) is 12.8 Å². The molecular formula is C22H28FN3O3S. The number of sulfonamides is 1. The molecule has 30 heavy (non-hydrogen) atoms. The molecule has 1 aliphatic rings. The molecular weight excluding hydrogens is 405 g/mol. The number of nitrogens with zero attached hydrogens (tertiary/aromatic N) is 3. The molecule has 6 nitrogen and oxygen atoms in total. The molecule has 3 rings (SSSR count). The zero-order chi connectivity index (χ0) is 22.1. The largest absolute Gasteiger partial charge is 0.368 e. The highest BCUT2D eigenvalue weighted by Gasteiger charge is 2.28. The molecule has 162 valence electrons. The first kappa shape index (κ1) is 22.1. The zero-order valence-electron chi connectivity index (χ0n) is 17.9. The second-order valence-corrected chi connectivity index (χ2v) is 9.77. The molecule has 1 fully saturated rings. The summed E-state index contributed by atoms with van der Waals surface area (Å²) in [4.78, 5) is 16.7. The quantitative estimate of drug-likeness (QED) is 0.728. The van der Waals surface area contributed by atoms with Gasteiger partial charge in [0.25, 0.3) is 0 Å². The summed E-state index contributed by atoms with van der Waals surface area (Å²) in [6.07, 6.45) is 1.13. The van der Waals surface area contributed by atoms with Gasteiger partial charge in [-0.3, -0.25) is 9.10 Å². The van der Waals surface area contributed by atoms with Crippen molar-refractivity contribution in [1.82, 2.24) is 4.90 Å². The van der Waals surface area contributed by atoms with Gasteiger partial charge in [-0.1, -0.05) is 17.7 Å². The monoisotopic (exact) mass is 433 g/mol. The second kappa shape index (κ2) is 8.63. The van der Waals surface area contributed by atoms with Gasteiger partial charge in [0, 0.05) is 31.9 Å². The summed E-state index contributed by atoms with van der Waals surface area (Å²) in [5, 5.41) is 0. The fourth-order valence-corrected chi connectivity index (χ4v) is 4.98. The number of piperazine rings is 1. The van der Waals surface area contributed by atoms with E-state index >= 15 is 0 Å². The molecule has 0 radical (unpaired) electrons. The number of benzene rings is 2. The van der Waals surface area contributed by atoms with Gasteiger partial charge in [-0.15, -0.1) is 0 Å². The van der Waals surface area contributed by atoms with Crippen LogP contribution in [0.4, 0.5) is 15.8 Å². The first-order valence-corrected chi connectivity index (χ1v) is 11.7. The molecule has 0 atom stereocenters. The lowest BCUT2D eigenvalue weighted by Gasteiger charge is -2.37. The third-order valence-electron chi connectivity index (χ3n) is 5.39. The molecule has 0 saturated carbocycles. The number of rotatable bonds is 5. The number of anilines is 2. The van der Waals surface area contributed by atoms with Gasteiger partial charge in [0.2, 0.25) is 15.9 Å². The Bertz CT molecular complexity index is 1010. The lowest BCUT2D eigenvalue weighted by atomic mass is 10.1. The smallest absolute Gasteiger partial charge is 0.243 e. The Labute approximate surface area is 177 Å². The van der Waals surface area contributed by atoms with Crippen molar-refractivity contribution in [2.75, 3.05) is 48.2 Å². The number of hydrogen-bond acceptors (Lipinski definition) is 4. The number of carbonyl (C=O) groups is 1. The lowest BCUT2D eigenvalue weighted by molar-refractivity contribution is -0.129. The van der Waals surface area contributed by atoms with Crippen LogP contribution in [-0.4, -0.2) is 58.2 Å². The van der Waals surface area contributed by atoms with E-state index in [1.807, 2.05) is 32.9 Å². The minimum absolute atomic E-state index is 0.222. The fraction of sp³-hybridized carbons (Fsp3) is 0.409. The van der Waals surface area contributed by atoms with E-state index in [2.05, 4.69) is 4.90 Å². The second-order valence-electron chi connectivity index (χ2n) is 7.86. The molecule has 0 bridgehead atoms. The molecule has 0 aliphatic carbocycles. The van der Waals surface area contributed by atoms with Gasteiger partial charge in [0.05, 0.1) is 11.9 Å². The molecule has 1 amide bonds. The Morgan fingerprint density at radius 1 is 1.00 bits per heavy atom. The topological polar surface area (TPSA) is 60.9 Å². The molecule has 0 aromatic heterocycles. The maximum absolute atomic E-state index is 13.1. The highest BCUT2D eigenvalue weighted by atomic mass is 32.2. The molecule has 0 N–H and O–H groups in total. The van der Waals surface area contributed by atoms with E-state index in [1.54, 1.807) is 17.0 Å².